The average molecular weight is 129 g/mol. The normalized spacial score (nSPS) is 22.7. The Balaban J connectivity index is 2.36. The molecule has 0 bridgehead atoms. The van der Waals surface area contributed by atoms with E-state index in [9.17, 15) is 8.78 Å². The molecule has 0 spiro atoms. The predicted octanol–water partition coefficient (Wildman–Crippen LogP) is 1.27. The standard InChI is InChI=1S/C2ClF2O2/c3-2(4,5)1-6-7-1. The summed E-state index contributed by atoms with van der Waals surface area (Å²) in [6.07, 6.45) is -0.825. The molecule has 1 aliphatic heterocycles. The Hall–Kier alpha value is 0.0700. The van der Waals surface area contributed by atoms with Gasteiger partial charge in [-0.25, -0.2) is 0 Å². The summed E-state index contributed by atoms with van der Waals surface area (Å²) in [7, 11) is 0. The van der Waals surface area contributed by atoms with Crippen LogP contribution in [0.5, 0.6) is 0 Å². The molecule has 0 unspecified atom stereocenters. The molecule has 1 saturated heterocycles. The van der Waals surface area contributed by atoms with Gasteiger partial charge in [-0.3, -0.25) is 0 Å². The van der Waals surface area contributed by atoms with Gasteiger partial charge in [0.2, 0.25) is 0 Å². The van der Waals surface area contributed by atoms with Crippen LogP contribution in [0.3, 0.4) is 0 Å². The second-order valence-corrected chi connectivity index (χ2v) is 1.43. The Morgan fingerprint density at radius 2 is 1.86 bits per heavy atom. The van der Waals surface area contributed by atoms with Crippen molar-refractivity contribution in [2.75, 3.05) is 0 Å². The predicted molar refractivity (Wildman–Crippen MR) is 16.2 cm³/mol. The van der Waals surface area contributed by atoms with E-state index in [0.29, 0.717) is 0 Å². The first-order chi connectivity index (χ1) is 3.11. The van der Waals surface area contributed by atoms with E-state index in [1.54, 1.807) is 0 Å². The molecular formula is C2ClF2O2. The highest BCUT2D eigenvalue weighted by atomic mass is 35.5. The second-order valence-electron chi connectivity index (χ2n) is 0.952. The molecule has 1 heterocycles. The van der Waals surface area contributed by atoms with E-state index >= 15 is 0 Å². The monoisotopic (exact) mass is 129 g/mol. The molecule has 0 aromatic heterocycles. The third kappa shape index (κ3) is 1.22. The summed E-state index contributed by atoms with van der Waals surface area (Å²) in [6, 6.07) is 0. The van der Waals surface area contributed by atoms with E-state index in [1.165, 1.54) is 0 Å². The van der Waals surface area contributed by atoms with Gasteiger partial charge in [0.05, 0.1) is 0 Å². The van der Waals surface area contributed by atoms with Gasteiger partial charge in [-0.1, -0.05) is 0 Å². The molecule has 0 aliphatic carbocycles. The van der Waals surface area contributed by atoms with Gasteiger partial charge in [0.15, 0.2) is 0 Å². The van der Waals surface area contributed by atoms with Crippen LogP contribution in [-0.2, 0) is 9.78 Å². The topological polar surface area (TPSA) is 25.1 Å². The first-order valence-corrected chi connectivity index (χ1v) is 1.77. The number of rotatable bonds is 1. The van der Waals surface area contributed by atoms with Crippen LogP contribution in [0.25, 0.3) is 0 Å². The third-order valence-electron chi connectivity index (χ3n) is 0.398. The van der Waals surface area contributed by atoms with Crippen molar-refractivity contribution < 1.29 is 18.6 Å². The highest BCUT2D eigenvalue weighted by Crippen LogP contribution is 2.41. The molecule has 0 aromatic carbocycles. The quantitative estimate of drug-likeness (QED) is 0.303. The summed E-state index contributed by atoms with van der Waals surface area (Å²) in [5.41, 5.74) is 0. The van der Waals surface area contributed by atoms with Crippen LogP contribution < -0.4 is 0 Å². The molecule has 1 radical (unpaired) electrons. The lowest BCUT2D eigenvalue weighted by atomic mass is 10.7. The second kappa shape index (κ2) is 1.27. The van der Waals surface area contributed by atoms with Crippen molar-refractivity contribution in [3.05, 3.63) is 6.29 Å². The smallest absolute Gasteiger partial charge is 0.181 e. The van der Waals surface area contributed by atoms with Crippen molar-refractivity contribution in [3.8, 4) is 0 Å². The molecule has 1 rings (SSSR count). The van der Waals surface area contributed by atoms with Crippen molar-refractivity contribution in [1.29, 1.82) is 0 Å². The minimum Gasteiger partial charge on any atom is -0.181 e. The molecule has 5 heteroatoms. The molecule has 2 nitrogen and oxygen atoms in total. The van der Waals surface area contributed by atoms with Crippen molar-refractivity contribution in [3.63, 3.8) is 0 Å². The summed E-state index contributed by atoms with van der Waals surface area (Å²) >= 11 is 4.31. The summed E-state index contributed by atoms with van der Waals surface area (Å²) < 4.78 is 22.8. The highest BCUT2D eigenvalue weighted by Gasteiger charge is 2.53. The maximum atomic E-state index is 11.4. The van der Waals surface area contributed by atoms with E-state index in [1.807, 2.05) is 0 Å². The van der Waals surface area contributed by atoms with Gasteiger partial charge in [0.25, 0.3) is 0 Å². The van der Waals surface area contributed by atoms with E-state index in [2.05, 4.69) is 21.4 Å². The molecule has 1 aliphatic rings. The molecule has 0 saturated carbocycles. The lowest BCUT2D eigenvalue weighted by molar-refractivity contribution is 0.0850. The lowest BCUT2D eigenvalue weighted by Crippen LogP contribution is -2.06. The number of halogens is 3. The lowest BCUT2D eigenvalue weighted by Gasteiger charge is -1.92. The Bertz CT molecular complexity index is 76.2. The maximum absolute atomic E-state index is 11.4. The molecule has 0 N–H and O–H groups in total. The van der Waals surface area contributed by atoms with Gasteiger partial charge >= 0.3 is 11.7 Å². The van der Waals surface area contributed by atoms with E-state index in [0.717, 1.165) is 0 Å². The Morgan fingerprint density at radius 3 is 1.86 bits per heavy atom. The van der Waals surface area contributed by atoms with Crippen molar-refractivity contribution in [2.45, 2.75) is 5.38 Å². The Kier molecular flexibility index (Phi) is 0.948. The van der Waals surface area contributed by atoms with Crippen molar-refractivity contribution in [2.24, 2.45) is 0 Å². The van der Waals surface area contributed by atoms with E-state index in [4.69, 9.17) is 0 Å². The molecule has 0 aromatic rings. The fourth-order valence-corrected chi connectivity index (χ4v) is 0.178. The number of hydrogen-bond acceptors (Lipinski definition) is 2. The maximum Gasteiger partial charge on any atom is 0.386 e. The van der Waals surface area contributed by atoms with Gasteiger partial charge in [0.1, 0.15) is 0 Å². The van der Waals surface area contributed by atoms with Gasteiger partial charge in [-0.15, -0.1) is 0 Å². The molecular weight excluding hydrogens is 129 g/mol. The summed E-state index contributed by atoms with van der Waals surface area (Å²) in [4.78, 5) is 7.22. The van der Waals surface area contributed by atoms with E-state index in [-0.39, 0.29) is 0 Å². The first-order valence-electron chi connectivity index (χ1n) is 1.39. The van der Waals surface area contributed by atoms with Gasteiger partial charge < -0.3 is 0 Å². The molecule has 41 valence electrons. The van der Waals surface area contributed by atoms with E-state index < -0.39 is 11.7 Å². The van der Waals surface area contributed by atoms with Gasteiger partial charge in [-0.2, -0.15) is 18.6 Å². The molecule has 7 heavy (non-hydrogen) atoms. The largest absolute Gasteiger partial charge is 0.386 e. The third-order valence-corrected chi connectivity index (χ3v) is 0.552. The first kappa shape index (κ1) is 5.21. The SMILES string of the molecule is FC(F)(Cl)[C]1OO1. The van der Waals surface area contributed by atoms with Crippen LogP contribution in [0.15, 0.2) is 0 Å². The number of alkyl halides is 3. The summed E-state index contributed by atoms with van der Waals surface area (Å²) in [6.45, 7) is 0. The Labute approximate surface area is 42.9 Å². The van der Waals surface area contributed by atoms with Crippen LogP contribution in [0.4, 0.5) is 8.78 Å². The van der Waals surface area contributed by atoms with Crippen LogP contribution >= 0.6 is 11.6 Å². The minimum absolute atomic E-state index is 0.825. The van der Waals surface area contributed by atoms with Crippen LogP contribution in [0, 0.1) is 6.29 Å². The van der Waals surface area contributed by atoms with Gasteiger partial charge in [0, 0.05) is 0 Å². The summed E-state index contributed by atoms with van der Waals surface area (Å²) in [5.74, 6) is 0. The zero-order valence-corrected chi connectivity index (χ0v) is 3.71. The average Bonchev–Trinajstić information content (AvgIpc) is 1.99. The highest BCUT2D eigenvalue weighted by molar-refractivity contribution is 6.22. The molecule has 0 atom stereocenters. The zero-order valence-electron chi connectivity index (χ0n) is 2.95. The summed E-state index contributed by atoms with van der Waals surface area (Å²) in [5, 5.41) is -3.44. The van der Waals surface area contributed by atoms with Gasteiger partial charge in [-0.05, 0) is 11.6 Å². The molecule has 1 fully saturated rings. The Morgan fingerprint density at radius 1 is 1.43 bits per heavy atom. The fourth-order valence-electron chi connectivity index (χ4n) is 0.115. The fraction of sp³-hybridized carbons (Fsp3) is 0.500. The van der Waals surface area contributed by atoms with Crippen LogP contribution in [0.2, 0.25) is 0 Å². The van der Waals surface area contributed by atoms with Crippen molar-refractivity contribution >= 4 is 11.6 Å². The molecule has 0 amide bonds. The minimum atomic E-state index is -3.44. The van der Waals surface area contributed by atoms with Crippen LogP contribution in [-0.4, -0.2) is 5.38 Å². The van der Waals surface area contributed by atoms with Crippen molar-refractivity contribution in [1.82, 2.24) is 0 Å². The van der Waals surface area contributed by atoms with Crippen LogP contribution in [0.1, 0.15) is 0 Å². The number of hydrogen-bond donors (Lipinski definition) is 0. The zero-order chi connectivity index (χ0) is 5.49.